The predicted octanol–water partition coefficient (Wildman–Crippen LogP) is 2.94. The van der Waals surface area contributed by atoms with Crippen LogP contribution in [0.5, 0.6) is 0 Å². The summed E-state index contributed by atoms with van der Waals surface area (Å²) in [6.45, 7) is 0.128. The van der Waals surface area contributed by atoms with E-state index in [1.165, 1.54) is 26.9 Å². The normalized spacial score (nSPS) is 12.9. The van der Waals surface area contributed by atoms with Gasteiger partial charge in [-0.25, -0.2) is 0 Å². The zero-order chi connectivity index (χ0) is 17.4. The molecule has 0 aliphatic rings. The second kappa shape index (κ2) is 6.31. The third-order valence-electron chi connectivity index (χ3n) is 4.78. The molecule has 25 heavy (non-hydrogen) atoms. The van der Waals surface area contributed by atoms with Gasteiger partial charge in [-0.05, 0) is 37.9 Å². The number of nitrogens with one attached hydrogen (secondary N) is 1. The van der Waals surface area contributed by atoms with E-state index in [0.29, 0.717) is 6.54 Å². The summed E-state index contributed by atoms with van der Waals surface area (Å²) >= 11 is 0. The van der Waals surface area contributed by atoms with E-state index in [-0.39, 0.29) is 13.0 Å². The second-order valence-corrected chi connectivity index (χ2v) is 6.33. The molecule has 0 aromatic heterocycles. The van der Waals surface area contributed by atoms with Crippen molar-refractivity contribution in [1.29, 1.82) is 0 Å². The van der Waals surface area contributed by atoms with Gasteiger partial charge in [-0.1, -0.05) is 54.6 Å². The molecule has 1 amide bonds. The molecule has 0 unspecified atom stereocenters. The molecule has 0 fully saturated rings. The number of rotatable bonds is 5. The highest BCUT2D eigenvalue weighted by molar-refractivity contribution is 6.23. The number of hydrogen-bond acceptors (Lipinski definition) is 3. The number of aliphatic hydroxyl groups is 2. The van der Waals surface area contributed by atoms with E-state index in [0.717, 1.165) is 10.9 Å². The predicted molar refractivity (Wildman–Crippen MR) is 99.7 cm³/mol. The van der Waals surface area contributed by atoms with Gasteiger partial charge in [-0.2, -0.15) is 0 Å². The molecule has 0 aliphatic carbocycles. The minimum atomic E-state index is -1.18. The van der Waals surface area contributed by atoms with Gasteiger partial charge in [0.1, 0.15) is 6.10 Å². The molecular formula is C21H19NO3. The fraction of sp³-hybridized carbons (Fsp3) is 0.190. The van der Waals surface area contributed by atoms with E-state index in [9.17, 15) is 9.90 Å². The van der Waals surface area contributed by atoms with Crippen molar-refractivity contribution < 1.29 is 15.0 Å². The van der Waals surface area contributed by atoms with Crippen LogP contribution in [0, 0.1) is 0 Å². The van der Waals surface area contributed by atoms with Crippen LogP contribution in [0.3, 0.4) is 0 Å². The van der Waals surface area contributed by atoms with Gasteiger partial charge in [0.2, 0.25) is 5.91 Å². The minimum absolute atomic E-state index is 0.0459. The molecule has 0 saturated carbocycles. The van der Waals surface area contributed by atoms with Crippen LogP contribution in [0.1, 0.15) is 12.0 Å². The molecule has 4 aromatic rings. The number of hydrogen-bond donors (Lipinski definition) is 3. The quantitative estimate of drug-likeness (QED) is 0.492. The van der Waals surface area contributed by atoms with E-state index >= 15 is 0 Å². The third-order valence-corrected chi connectivity index (χ3v) is 4.78. The Morgan fingerprint density at radius 1 is 0.920 bits per heavy atom. The maximum atomic E-state index is 11.9. The van der Waals surface area contributed by atoms with Crippen LogP contribution in [0.4, 0.5) is 0 Å². The Hall–Kier alpha value is -2.69. The van der Waals surface area contributed by atoms with Crippen LogP contribution in [0.2, 0.25) is 0 Å². The molecule has 0 bridgehead atoms. The summed E-state index contributed by atoms with van der Waals surface area (Å²) in [4.78, 5) is 11.9. The van der Waals surface area contributed by atoms with Crippen LogP contribution in [0.15, 0.2) is 54.6 Å². The van der Waals surface area contributed by atoms with Crippen molar-refractivity contribution >= 4 is 38.2 Å². The number of amides is 1. The fourth-order valence-electron chi connectivity index (χ4n) is 3.50. The van der Waals surface area contributed by atoms with Gasteiger partial charge in [0.15, 0.2) is 0 Å². The number of carbonyl (C=O) groups is 1. The van der Waals surface area contributed by atoms with E-state index in [1.54, 1.807) is 0 Å². The Morgan fingerprint density at radius 2 is 1.56 bits per heavy atom. The lowest BCUT2D eigenvalue weighted by Crippen LogP contribution is -2.34. The van der Waals surface area contributed by atoms with Crippen molar-refractivity contribution in [3.8, 4) is 0 Å². The topological polar surface area (TPSA) is 69.6 Å². The van der Waals surface area contributed by atoms with Gasteiger partial charge in [0.25, 0.3) is 0 Å². The first-order chi connectivity index (χ1) is 12.2. The van der Waals surface area contributed by atoms with Gasteiger partial charge in [-0.3, -0.25) is 4.79 Å². The van der Waals surface area contributed by atoms with E-state index in [1.807, 2.05) is 6.07 Å². The first-order valence-electron chi connectivity index (χ1n) is 8.41. The Morgan fingerprint density at radius 3 is 2.28 bits per heavy atom. The Balaban J connectivity index is 1.76. The third kappa shape index (κ3) is 2.69. The molecule has 3 N–H and O–H groups in total. The zero-order valence-electron chi connectivity index (χ0n) is 13.7. The summed E-state index contributed by atoms with van der Waals surface area (Å²) in [5.41, 5.74) is 1.01. The lowest BCUT2D eigenvalue weighted by molar-refractivity contribution is -0.130. The maximum Gasteiger partial charge on any atom is 0.249 e. The molecule has 126 valence electrons. The highest BCUT2D eigenvalue weighted by atomic mass is 16.3. The van der Waals surface area contributed by atoms with Crippen LogP contribution in [-0.2, 0) is 11.3 Å². The van der Waals surface area contributed by atoms with Crippen molar-refractivity contribution in [2.45, 2.75) is 19.1 Å². The van der Waals surface area contributed by atoms with Crippen molar-refractivity contribution in [3.05, 3.63) is 60.2 Å². The smallest absolute Gasteiger partial charge is 0.249 e. The van der Waals surface area contributed by atoms with Gasteiger partial charge in [-0.15, -0.1) is 0 Å². The van der Waals surface area contributed by atoms with Crippen LogP contribution >= 0.6 is 0 Å². The minimum Gasteiger partial charge on any atom is -0.396 e. The summed E-state index contributed by atoms with van der Waals surface area (Å²) in [7, 11) is 0. The van der Waals surface area contributed by atoms with Crippen LogP contribution in [-0.4, -0.2) is 28.8 Å². The Kier molecular flexibility index (Phi) is 3.99. The highest BCUT2D eigenvalue weighted by Gasteiger charge is 2.15. The molecule has 4 rings (SSSR count). The molecule has 1 atom stereocenters. The monoisotopic (exact) mass is 333 g/mol. The number of carbonyl (C=O) groups excluding carboxylic acids is 1. The van der Waals surface area contributed by atoms with E-state index < -0.39 is 12.0 Å². The molecule has 0 saturated heterocycles. The standard InChI is InChI=1S/C21H19NO3/c23-11-10-18(24)21(25)22-12-16-7-6-15-5-4-13-2-1-3-14-8-9-17(16)20(15)19(13)14/h1-9,18,23-24H,10-12H2,(H,22,25)/t18-/m1/s1. The summed E-state index contributed by atoms with van der Waals surface area (Å²) < 4.78 is 0. The van der Waals surface area contributed by atoms with Crippen molar-refractivity contribution in [2.24, 2.45) is 0 Å². The molecular weight excluding hydrogens is 314 g/mol. The molecule has 0 heterocycles. The molecule has 4 aromatic carbocycles. The molecule has 0 spiro atoms. The summed E-state index contributed by atoms with van der Waals surface area (Å²) in [6.07, 6.45) is -1.13. The summed E-state index contributed by atoms with van der Waals surface area (Å²) in [5, 5.41) is 28.4. The average Bonchev–Trinajstić information content (AvgIpc) is 2.64. The fourth-order valence-corrected chi connectivity index (χ4v) is 3.50. The van der Waals surface area contributed by atoms with Crippen molar-refractivity contribution in [2.75, 3.05) is 6.61 Å². The SMILES string of the molecule is O=C(NCc1ccc2ccc3cccc4ccc1c2c34)[C@H](O)CCO. The molecule has 4 heteroatoms. The van der Waals surface area contributed by atoms with E-state index in [4.69, 9.17) is 5.11 Å². The van der Waals surface area contributed by atoms with Crippen LogP contribution < -0.4 is 5.32 Å². The second-order valence-electron chi connectivity index (χ2n) is 6.33. The zero-order valence-corrected chi connectivity index (χ0v) is 13.7. The van der Waals surface area contributed by atoms with E-state index in [2.05, 4.69) is 53.8 Å². The number of benzene rings is 4. The van der Waals surface area contributed by atoms with Gasteiger partial charge < -0.3 is 15.5 Å². The van der Waals surface area contributed by atoms with Crippen molar-refractivity contribution in [3.63, 3.8) is 0 Å². The van der Waals surface area contributed by atoms with Crippen LogP contribution in [0.25, 0.3) is 32.3 Å². The van der Waals surface area contributed by atoms with Gasteiger partial charge in [0.05, 0.1) is 0 Å². The molecule has 0 radical (unpaired) electrons. The summed E-state index contributed by atoms with van der Waals surface area (Å²) in [5.74, 6) is -0.459. The largest absolute Gasteiger partial charge is 0.396 e. The van der Waals surface area contributed by atoms with Gasteiger partial charge >= 0.3 is 0 Å². The maximum absolute atomic E-state index is 11.9. The van der Waals surface area contributed by atoms with Crippen molar-refractivity contribution in [1.82, 2.24) is 5.32 Å². The Bertz CT molecular complexity index is 1040. The molecule has 0 aliphatic heterocycles. The lowest BCUT2D eigenvalue weighted by atomic mass is 9.92. The Labute approximate surface area is 145 Å². The first-order valence-corrected chi connectivity index (χ1v) is 8.41. The average molecular weight is 333 g/mol. The first kappa shape index (κ1) is 15.8. The highest BCUT2D eigenvalue weighted by Crippen LogP contribution is 2.35. The van der Waals surface area contributed by atoms with Gasteiger partial charge in [0, 0.05) is 19.6 Å². The molecule has 4 nitrogen and oxygen atoms in total. The number of aliphatic hydroxyl groups excluding tert-OH is 2. The lowest BCUT2D eigenvalue weighted by Gasteiger charge is -2.15. The summed E-state index contributed by atoms with van der Waals surface area (Å²) in [6, 6.07) is 18.8.